The first-order valence-electron chi connectivity index (χ1n) is 15.8. The van der Waals surface area contributed by atoms with Gasteiger partial charge in [-0.05, 0) is 30.4 Å². The van der Waals surface area contributed by atoms with Crippen molar-refractivity contribution in [2.75, 3.05) is 0 Å². The van der Waals surface area contributed by atoms with Gasteiger partial charge in [-0.2, -0.15) is 0 Å². The number of hydrogen-bond acceptors (Lipinski definition) is 1. The van der Waals surface area contributed by atoms with Crippen LogP contribution in [0.5, 0.6) is 0 Å². The number of rotatable bonds is 20. The minimum absolute atomic E-state index is 0.0186. The third kappa shape index (κ3) is 9.44. The second kappa shape index (κ2) is 17.3. The predicted molar refractivity (Wildman–Crippen MR) is 165 cm³/mol. The number of imidazole rings is 1. The monoisotopic (exact) mass is 514 g/mol. The van der Waals surface area contributed by atoms with Crippen molar-refractivity contribution in [2.24, 2.45) is 0 Å². The van der Waals surface area contributed by atoms with Gasteiger partial charge >= 0.3 is 0 Å². The Morgan fingerprint density at radius 1 is 0.684 bits per heavy atom. The third-order valence-corrected chi connectivity index (χ3v) is 8.52. The Morgan fingerprint density at radius 3 is 1.87 bits per heavy atom. The van der Waals surface area contributed by atoms with Crippen LogP contribution in [-0.4, -0.2) is 9.55 Å². The second-order valence-electron chi connectivity index (χ2n) is 11.7. The van der Waals surface area contributed by atoms with Crippen molar-refractivity contribution in [1.82, 2.24) is 9.55 Å². The number of nitrogens with zero attached hydrogens (tertiary/aromatic N) is 2. The molecule has 3 aromatic rings. The molecule has 0 bridgehead atoms. The molecule has 0 aliphatic heterocycles. The lowest BCUT2D eigenvalue weighted by Gasteiger charge is -2.39. The molecule has 38 heavy (non-hydrogen) atoms. The minimum atomic E-state index is -0.0186. The summed E-state index contributed by atoms with van der Waals surface area (Å²) in [6, 6.07) is 22.4. The first-order chi connectivity index (χ1) is 18.7. The summed E-state index contributed by atoms with van der Waals surface area (Å²) in [7, 11) is 0. The molecule has 2 heteroatoms. The van der Waals surface area contributed by atoms with Crippen molar-refractivity contribution < 1.29 is 0 Å². The van der Waals surface area contributed by atoms with E-state index in [0.717, 1.165) is 13.0 Å². The van der Waals surface area contributed by atoms with Crippen LogP contribution in [0.4, 0.5) is 0 Å². The fourth-order valence-corrected chi connectivity index (χ4v) is 6.19. The van der Waals surface area contributed by atoms with Crippen LogP contribution in [0.15, 0.2) is 73.1 Å². The lowest BCUT2D eigenvalue weighted by atomic mass is 9.66. The molecule has 0 aliphatic rings. The van der Waals surface area contributed by atoms with Crippen LogP contribution in [-0.2, 0) is 18.4 Å². The van der Waals surface area contributed by atoms with E-state index in [4.69, 9.17) is 4.98 Å². The van der Waals surface area contributed by atoms with E-state index in [1.54, 1.807) is 0 Å². The molecule has 0 saturated carbocycles. The third-order valence-electron chi connectivity index (χ3n) is 8.52. The fourth-order valence-electron chi connectivity index (χ4n) is 6.19. The summed E-state index contributed by atoms with van der Waals surface area (Å²) in [6.07, 6.45) is 24.0. The smallest absolute Gasteiger partial charge is 0.112 e. The topological polar surface area (TPSA) is 17.8 Å². The lowest BCUT2D eigenvalue weighted by Crippen LogP contribution is -2.35. The zero-order chi connectivity index (χ0) is 26.9. The number of unbranched alkanes of at least 4 members (excludes halogenated alkanes) is 11. The quantitative estimate of drug-likeness (QED) is 0.137. The van der Waals surface area contributed by atoms with Gasteiger partial charge in [0.05, 0.1) is 0 Å². The SMILES string of the molecule is CCCCCCCCCCCC(c1nccn1CCCCCC)C(C)(Cc1ccccc1)c1ccccc1. The maximum atomic E-state index is 5.07. The van der Waals surface area contributed by atoms with E-state index in [1.807, 2.05) is 6.20 Å². The summed E-state index contributed by atoms with van der Waals surface area (Å²) in [4.78, 5) is 5.07. The summed E-state index contributed by atoms with van der Waals surface area (Å²) >= 11 is 0. The Balaban J connectivity index is 1.80. The van der Waals surface area contributed by atoms with Gasteiger partial charge in [-0.25, -0.2) is 4.98 Å². The average molecular weight is 515 g/mol. The number of aromatic nitrogens is 2. The Hall–Kier alpha value is -2.35. The Kier molecular flexibility index (Phi) is 13.7. The molecule has 2 unspecified atom stereocenters. The molecule has 1 heterocycles. The van der Waals surface area contributed by atoms with Crippen LogP contribution < -0.4 is 0 Å². The van der Waals surface area contributed by atoms with Gasteiger partial charge < -0.3 is 4.57 Å². The molecule has 3 rings (SSSR count). The summed E-state index contributed by atoms with van der Waals surface area (Å²) in [5, 5.41) is 0. The molecule has 1 aromatic heterocycles. The number of aryl methyl sites for hydroxylation is 1. The summed E-state index contributed by atoms with van der Waals surface area (Å²) in [5.41, 5.74) is 2.83. The second-order valence-corrected chi connectivity index (χ2v) is 11.7. The Bertz CT molecular complexity index is 977. The highest BCUT2D eigenvalue weighted by Gasteiger charge is 2.39. The molecule has 208 valence electrons. The maximum Gasteiger partial charge on any atom is 0.112 e. The highest BCUT2D eigenvalue weighted by Crippen LogP contribution is 2.44. The van der Waals surface area contributed by atoms with E-state index >= 15 is 0 Å². The van der Waals surface area contributed by atoms with Gasteiger partial charge in [-0.3, -0.25) is 0 Å². The number of benzene rings is 2. The first kappa shape index (κ1) is 30.2. The van der Waals surface area contributed by atoms with Gasteiger partial charge in [0.2, 0.25) is 0 Å². The molecule has 0 radical (unpaired) electrons. The molecule has 2 aromatic carbocycles. The van der Waals surface area contributed by atoms with E-state index in [-0.39, 0.29) is 5.41 Å². The first-order valence-corrected chi connectivity index (χ1v) is 15.8. The zero-order valence-electron chi connectivity index (χ0n) is 24.7. The normalized spacial score (nSPS) is 13.9. The summed E-state index contributed by atoms with van der Waals surface area (Å²) in [6.45, 7) is 8.18. The van der Waals surface area contributed by atoms with Gasteiger partial charge in [0.15, 0.2) is 0 Å². The average Bonchev–Trinajstić information content (AvgIpc) is 3.41. The van der Waals surface area contributed by atoms with Crippen molar-refractivity contribution in [3.8, 4) is 0 Å². The molecule has 0 saturated heterocycles. The lowest BCUT2D eigenvalue weighted by molar-refractivity contribution is 0.321. The minimum Gasteiger partial charge on any atom is -0.335 e. The molecule has 2 nitrogen and oxygen atoms in total. The van der Waals surface area contributed by atoms with Gasteiger partial charge in [0, 0.05) is 30.3 Å². The standard InChI is InChI=1S/C36H54N2/c1-4-6-8-10-11-12-13-14-21-27-34(35-37-28-30-38(35)29-22-9-7-5-2)36(3,33-25-19-16-20-26-33)31-32-23-17-15-18-24-32/h15-20,23-26,28,30,34H,4-14,21-22,27,29,31H2,1-3H3. The van der Waals surface area contributed by atoms with Crippen molar-refractivity contribution in [1.29, 1.82) is 0 Å². The molecule has 0 spiro atoms. The van der Waals surface area contributed by atoms with E-state index in [1.165, 1.54) is 107 Å². The van der Waals surface area contributed by atoms with Gasteiger partial charge in [0.25, 0.3) is 0 Å². The van der Waals surface area contributed by atoms with Crippen molar-refractivity contribution in [3.05, 3.63) is 90.0 Å². The molecule has 2 atom stereocenters. The number of hydrogen-bond donors (Lipinski definition) is 0. The van der Waals surface area contributed by atoms with E-state index in [2.05, 4.69) is 92.2 Å². The van der Waals surface area contributed by atoms with Crippen LogP contribution in [0.3, 0.4) is 0 Å². The Labute approximate surface area is 234 Å². The molecule has 0 aliphatic carbocycles. The molecule has 0 N–H and O–H groups in total. The predicted octanol–water partition coefficient (Wildman–Crippen LogP) is 10.7. The van der Waals surface area contributed by atoms with Crippen molar-refractivity contribution >= 4 is 0 Å². The molecule has 0 amide bonds. The summed E-state index contributed by atoms with van der Waals surface area (Å²) in [5.74, 6) is 1.68. The molecular formula is C36H54N2. The highest BCUT2D eigenvalue weighted by atomic mass is 15.1. The van der Waals surface area contributed by atoms with Crippen molar-refractivity contribution in [3.63, 3.8) is 0 Å². The van der Waals surface area contributed by atoms with Crippen LogP contribution in [0.1, 0.15) is 134 Å². The van der Waals surface area contributed by atoms with Gasteiger partial charge in [0.1, 0.15) is 5.82 Å². The molecular weight excluding hydrogens is 460 g/mol. The zero-order valence-corrected chi connectivity index (χ0v) is 24.7. The molecule has 0 fully saturated rings. The Morgan fingerprint density at radius 2 is 1.24 bits per heavy atom. The van der Waals surface area contributed by atoms with Crippen LogP contribution in [0.2, 0.25) is 0 Å². The van der Waals surface area contributed by atoms with Crippen LogP contribution in [0, 0.1) is 0 Å². The van der Waals surface area contributed by atoms with Crippen LogP contribution >= 0.6 is 0 Å². The highest BCUT2D eigenvalue weighted by molar-refractivity contribution is 5.33. The van der Waals surface area contributed by atoms with E-state index < -0.39 is 0 Å². The van der Waals surface area contributed by atoms with E-state index in [9.17, 15) is 0 Å². The van der Waals surface area contributed by atoms with Crippen LogP contribution in [0.25, 0.3) is 0 Å². The maximum absolute atomic E-state index is 5.07. The fraction of sp³-hybridized carbons (Fsp3) is 0.583. The largest absolute Gasteiger partial charge is 0.335 e. The van der Waals surface area contributed by atoms with Gasteiger partial charge in [-0.15, -0.1) is 0 Å². The van der Waals surface area contributed by atoms with Crippen molar-refractivity contribution in [2.45, 2.75) is 135 Å². The van der Waals surface area contributed by atoms with E-state index in [0.29, 0.717) is 5.92 Å². The van der Waals surface area contributed by atoms with Gasteiger partial charge in [-0.1, -0.05) is 158 Å². The summed E-state index contributed by atoms with van der Waals surface area (Å²) < 4.78 is 2.49.